The van der Waals surface area contributed by atoms with Crippen LogP contribution in [0.25, 0.3) is 0 Å². The van der Waals surface area contributed by atoms with Gasteiger partial charge in [-0.2, -0.15) is 13.2 Å². The SMILES string of the molecule is CCCNCC(C)(CC)OC(C)C(F)(F)F. The highest BCUT2D eigenvalue weighted by Gasteiger charge is 2.41. The van der Waals surface area contributed by atoms with Crippen molar-refractivity contribution in [1.82, 2.24) is 5.32 Å². The summed E-state index contributed by atoms with van der Waals surface area (Å²) >= 11 is 0. The molecule has 0 rings (SSSR count). The molecule has 0 aliphatic heterocycles. The standard InChI is InChI=1S/C11H22F3NO/c1-5-7-15-8-10(4,6-2)16-9(3)11(12,13)14/h9,15H,5-8H2,1-4H3. The van der Waals surface area contributed by atoms with Crippen molar-refractivity contribution in [3.8, 4) is 0 Å². The Morgan fingerprint density at radius 2 is 1.81 bits per heavy atom. The molecule has 1 N–H and O–H groups in total. The second-order valence-corrected chi connectivity index (χ2v) is 4.28. The van der Waals surface area contributed by atoms with Gasteiger partial charge in [-0.1, -0.05) is 13.8 Å². The molecule has 0 radical (unpaired) electrons. The maximum Gasteiger partial charge on any atom is 0.414 e. The van der Waals surface area contributed by atoms with Crippen molar-refractivity contribution >= 4 is 0 Å². The average molecular weight is 241 g/mol. The van der Waals surface area contributed by atoms with E-state index in [2.05, 4.69) is 5.32 Å². The van der Waals surface area contributed by atoms with Gasteiger partial charge in [-0.05, 0) is 33.2 Å². The molecule has 5 heteroatoms. The highest BCUT2D eigenvalue weighted by molar-refractivity contribution is 4.79. The van der Waals surface area contributed by atoms with E-state index in [0.29, 0.717) is 13.0 Å². The van der Waals surface area contributed by atoms with Crippen molar-refractivity contribution in [2.75, 3.05) is 13.1 Å². The van der Waals surface area contributed by atoms with Gasteiger partial charge in [0.1, 0.15) is 0 Å². The molecule has 0 heterocycles. The molecule has 0 aliphatic rings. The van der Waals surface area contributed by atoms with Crippen molar-refractivity contribution in [1.29, 1.82) is 0 Å². The summed E-state index contributed by atoms with van der Waals surface area (Å²) in [6.07, 6.45) is -4.51. The van der Waals surface area contributed by atoms with Gasteiger partial charge in [-0.25, -0.2) is 0 Å². The van der Waals surface area contributed by atoms with Crippen molar-refractivity contribution in [2.45, 2.75) is 58.4 Å². The number of halogens is 3. The van der Waals surface area contributed by atoms with Gasteiger partial charge in [-0.3, -0.25) is 0 Å². The van der Waals surface area contributed by atoms with Gasteiger partial charge >= 0.3 is 6.18 Å². The Kier molecular flexibility index (Phi) is 6.33. The quantitative estimate of drug-likeness (QED) is 0.691. The lowest BCUT2D eigenvalue weighted by molar-refractivity contribution is -0.244. The Balaban J connectivity index is 4.25. The largest absolute Gasteiger partial charge is 0.414 e. The molecule has 0 spiro atoms. The fourth-order valence-electron chi connectivity index (χ4n) is 1.27. The van der Waals surface area contributed by atoms with Crippen LogP contribution in [0.15, 0.2) is 0 Å². The first-order valence-electron chi connectivity index (χ1n) is 5.70. The zero-order chi connectivity index (χ0) is 12.8. The van der Waals surface area contributed by atoms with Crippen molar-refractivity contribution in [3.05, 3.63) is 0 Å². The molecule has 2 nitrogen and oxygen atoms in total. The summed E-state index contributed by atoms with van der Waals surface area (Å²) in [6.45, 7) is 7.83. The first-order valence-corrected chi connectivity index (χ1v) is 5.70. The Morgan fingerprint density at radius 1 is 1.25 bits per heavy atom. The van der Waals surface area contributed by atoms with Crippen molar-refractivity contribution in [3.63, 3.8) is 0 Å². The molecule has 2 atom stereocenters. The lowest BCUT2D eigenvalue weighted by Gasteiger charge is -2.33. The first-order chi connectivity index (χ1) is 7.25. The molecule has 98 valence electrons. The Labute approximate surface area is 95.5 Å². The molecule has 0 saturated heterocycles. The Hall–Kier alpha value is -0.290. The van der Waals surface area contributed by atoms with Crippen LogP contribution in [0.2, 0.25) is 0 Å². The maximum absolute atomic E-state index is 12.4. The third-order valence-corrected chi connectivity index (χ3v) is 2.60. The molecular weight excluding hydrogens is 219 g/mol. The van der Waals surface area contributed by atoms with Gasteiger partial charge in [0.25, 0.3) is 0 Å². The molecule has 0 amide bonds. The lowest BCUT2D eigenvalue weighted by atomic mass is 10.0. The predicted molar refractivity (Wildman–Crippen MR) is 58.5 cm³/mol. The fraction of sp³-hybridized carbons (Fsp3) is 1.00. The van der Waals surface area contributed by atoms with Crippen LogP contribution in [0.3, 0.4) is 0 Å². The monoisotopic (exact) mass is 241 g/mol. The van der Waals surface area contributed by atoms with Crippen LogP contribution >= 0.6 is 0 Å². The summed E-state index contributed by atoms with van der Waals surface area (Å²) in [7, 11) is 0. The van der Waals surface area contributed by atoms with Crippen LogP contribution in [-0.2, 0) is 4.74 Å². The maximum atomic E-state index is 12.4. The van der Waals surface area contributed by atoms with Gasteiger partial charge in [0, 0.05) is 6.54 Å². The van der Waals surface area contributed by atoms with Gasteiger partial charge < -0.3 is 10.1 Å². The second-order valence-electron chi connectivity index (χ2n) is 4.28. The second kappa shape index (κ2) is 6.45. The van der Waals surface area contributed by atoms with E-state index in [1.807, 2.05) is 13.8 Å². The van der Waals surface area contributed by atoms with E-state index >= 15 is 0 Å². The zero-order valence-electron chi connectivity index (χ0n) is 10.4. The van der Waals surface area contributed by atoms with E-state index in [9.17, 15) is 13.2 Å². The summed E-state index contributed by atoms with van der Waals surface area (Å²) in [4.78, 5) is 0. The van der Waals surface area contributed by atoms with E-state index < -0.39 is 17.9 Å². The van der Waals surface area contributed by atoms with Crippen LogP contribution < -0.4 is 5.32 Å². The van der Waals surface area contributed by atoms with Gasteiger partial charge in [0.15, 0.2) is 6.10 Å². The molecule has 0 saturated carbocycles. The molecule has 0 aromatic carbocycles. The number of hydrogen-bond donors (Lipinski definition) is 1. The lowest BCUT2D eigenvalue weighted by Crippen LogP contribution is -2.45. The molecular formula is C11H22F3NO. The summed E-state index contributed by atoms with van der Waals surface area (Å²) in [5, 5.41) is 3.09. The number of nitrogens with one attached hydrogen (secondary N) is 1. The van der Waals surface area contributed by atoms with Crippen LogP contribution in [-0.4, -0.2) is 31.0 Å². The minimum atomic E-state index is -4.29. The summed E-state index contributed by atoms with van der Waals surface area (Å²) in [5.74, 6) is 0. The first kappa shape index (κ1) is 15.7. The smallest absolute Gasteiger partial charge is 0.362 e. The molecule has 0 aromatic heterocycles. The van der Waals surface area contributed by atoms with Crippen LogP contribution in [0.4, 0.5) is 13.2 Å². The highest BCUT2D eigenvalue weighted by atomic mass is 19.4. The number of hydrogen-bond acceptors (Lipinski definition) is 2. The van der Waals surface area contributed by atoms with E-state index in [0.717, 1.165) is 19.9 Å². The predicted octanol–water partition coefficient (Wildman–Crippen LogP) is 3.12. The Morgan fingerprint density at radius 3 is 2.19 bits per heavy atom. The summed E-state index contributed by atoms with van der Waals surface area (Å²) < 4.78 is 42.2. The van der Waals surface area contributed by atoms with E-state index in [1.54, 1.807) is 6.92 Å². The summed E-state index contributed by atoms with van der Waals surface area (Å²) in [5.41, 5.74) is -0.760. The van der Waals surface area contributed by atoms with Gasteiger partial charge in [0.2, 0.25) is 0 Å². The van der Waals surface area contributed by atoms with Crippen molar-refractivity contribution in [2.24, 2.45) is 0 Å². The molecule has 0 aromatic rings. The topological polar surface area (TPSA) is 21.3 Å². The molecule has 16 heavy (non-hydrogen) atoms. The van der Waals surface area contributed by atoms with Crippen LogP contribution in [0.5, 0.6) is 0 Å². The van der Waals surface area contributed by atoms with Crippen LogP contribution in [0, 0.1) is 0 Å². The number of rotatable bonds is 7. The highest BCUT2D eigenvalue weighted by Crippen LogP contribution is 2.27. The molecule has 0 aliphatic carbocycles. The third-order valence-electron chi connectivity index (χ3n) is 2.60. The number of alkyl halides is 3. The van der Waals surface area contributed by atoms with Gasteiger partial charge in [0.05, 0.1) is 5.60 Å². The third kappa shape index (κ3) is 5.70. The minimum Gasteiger partial charge on any atom is -0.362 e. The van der Waals surface area contributed by atoms with E-state index in [4.69, 9.17) is 4.74 Å². The van der Waals surface area contributed by atoms with E-state index in [1.165, 1.54) is 0 Å². The Bertz CT molecular complexity index is 196. The normalized spacial score (nSPS) is 18.2. The van der Waals surface area contributed by atoms with E-state index in [-0.39, 0.29) is 0 Å². The minimum absolute atomic E-state index is 0.442. The zero-order valence-corrected chi connectivity index (χ0v) is 10.4. The van der Waals surface area contributed by atoms with Gasteiger partial charge in [-0.15, -0.1) is 0 Å². The van der Waals surface area contributed by atoms with Crippen molar-refractivity contribution < 1.29 is 17.9 Å². The van der Waals surface area contributed by atoms with Crippen LogP contribution in [0.1, 0.15) is 40.5 Å². The molecule has 2 unspecified atom stereocenters. The average Bonchev–Trinajstić information content (AvgIpc) is 2.16. The number of ether oxygens (including phenoxy) is 1. The summed E-state index contributed by atoms with van der Waals surface area (Å²) in [6, 6.07) is 0. The molecule has 0 fully saturated rings. The molecule has 0 bridgehead atoms. The fourth-order valence-corrected chi connectivity index (χ4v) is 1.27.